The van der Waals surface area contributed by atoms with Crippen LogP contribution in [0.5, 0.6) is 0 Å². The molecule has 0 saturated heterocycles. The molecule has 0 aromatic carbocycles. The van der Waals surface area contributed by atoms with Crippen molar-refractivity contribution in [2.75, 3.05) is 0 Å². The van der Waals surface area contributed by atoms with Crippen molar-refractivity contribution in [2.45, 2.75) is 53.4 Å². The molecule has 9 nitrogen and oxygen atoms in total. The minimum Gasteiger partial charge on any atom is -0.362 e. The molecule has 146 valence electrons. The van der Waals surface area contributed by atoms with Crippen LogP contribution in [0.25, 0.3) is 0 Å². The molecule has 0 aromatic heterocycles. The lowest BCUT2D eigenvalue weighted by atomic mass is 10.3. The van der Waals surface area contributed by atoms with Crippen LogP contribution < -0.4 is 0 Å². The van der Waals surface area contributed by atoms with E-state index in [1.807, 2.05) is 20.8 Å². The number of carbonyl (C=O) groups is 2. The van der Waals surface area contributed by atoms with E-state index in [0.29, 0.717) is 12.8 Å². The molecule has 0 spiro atoms. The Labute approximate surface area is 162 Å². The van der Waals surface area contributed by atoms with Gasteiger partial charge in [-0.15, -0.1) is 0 Å². The summed E-state index contributed by atoms with van der Waals surface area (Å²) in [5, 5.41) is 14.5. The van der Waals surface area contributed by atoms with E-state index in [1.165, 1.54) is 0 Å². The van der Waals surface area contributed by atoms with Gasteiger partial charge in [0.15, 0.2) is 0 Å². The van der Waals surface area contributed by atoms with E-state index in [4.69, 9.17) is 0 Å². The molecule has 4 aliphatic heterocycles. The van der Waals surface area contributed by atoms with E-state index in [2.05, 4.69) is 41.2 Å². The van der Waals surface area contributed by atoms with Crippen molar-refractivity contribution in [2.24, 2.45) is 24.9 Å². The molecular weight excluding hydrogens is 370 g/mol. The number of oxime groups is 2. The first-order valence-corrected chi connectivity index (χ1v) is 8.93. The summed E-state index contributed by atoms with van der Waals surface area (Å²) in [4.78, 5) is 29.3. The smallest absolute Gasteiger partial charge is 0.340 e. The van der Waals surface area contributed by atoms with Crippen molar-refractivity contribution in [3.63, 3.8) is 0 Å². The lowest BCUT2D eigenvalue weighted by molar-refractivity contribution is -0.140. The van der Waals surface area contributed by atoms with Gasteiger partial charge in [0, 0.05) is 42.4 Å². The summed E-state index contributed by atoms with van der Waals surface area (Å²) < 4.78 is 3.80. The molecule has 27 heavy (non-hydrogen) atoms. The highest BCUT2D eigenvalue weighted by Gasteiger charge is 2.11. The van der Waals surface area contributed by atoms with Crippen LogP contribution in [-0.4, -0.2) is 40.1 Å². The fourth-order valence-corrected chi connectivity index (χ4v) is 2.25. The average Bonchev–Trinajstić information content (AvgIpc) is 3.37. The van der Waals surface area contributed by atoms with Gasteiger partial charge in [0.2, 0.25) is 5.12 Å². The molecule has 0 amide bonds. The van der Waals surface area contributed by atoms with Crippen LogP contribution in [0.4, 0.5) is 0 Å². The SMILES string of the molecule is C=C1CC(C)=NO1.CC1=NN=CC1.CC1=NOC(=O)C1.CC1=NSC(=O)C1. The maximum Gasteiger partial charge on any atom is 0.340 e. The fourth-order valence-electron chi connectivity index (χ4n) is 1.65. The Hall–Kier alpha value is -2.62. The summed E-state index contributed by atoms with van der Waals surface area (Å²) in [6.45, 7) is 11.1. The van der Waals surface area contributed by atoms with Gasteiger partial charge < -0.3 is 9.68 Å². The van der Waals surface area contributed by atoms with Gasteiger partial charge in [-0.2, -0.15) is 10.2 Å². The van der Waals surface area contributed by atoms with Crippen LogP contribution in [0, 0.1) is 0 Å². The molecule has 0 atom stereocenters. The second kappa shape index (κ2) is 11.9. The molecule has 0 aromatic rings. The third kappa shape index (κ3) is 10.9. The van der Waals surface area contributed by atoms with Gasteiger partial charge in [-0.25, -0.2) is 9.19 Å². The predicted octanol–water partition coefficient (Wildman–Crippen LogP) is 3.47. The zero-order valence-electron chi connectivity index (χ0n) is 15.9. The van der Waals surface area contributed by atoms with Crippen LogP contribution in [0.2, 0.25) is 0 Å². The van der Waals surface area contributed by atoms with Gasteiger partial charge in [-0.3, -0.25) is 4.79 Å². The first kappa shape index (κ1) is 22.4. The zero-order valence-corrected chi connectivity index (χ0v) is 16.7. The molecule has 0 unspecified atom stereocenters. The number of allylic oxidation sites excluding steroid dienone is 1. The van der Waals surface area contributed by atoms with E-state index in [9.17, 15) is 9.59 Å². The monoisotopic (exact) mass is 393 g/mol. The molecule has 4 heterocycles. The van der Waals surface area contributed by atoms with Crippen LogP contribution in [-0.2, 0) is 19.3 Å². The van der Waals surface area contributed by atoms with Crippen LogP contribution >= 0.6 is 11.9 Å². The summed E-state index contributed by atoms with van der Waals surface area (Å²) in [6, 6.07) is 0. The van der Waals surface area contributed by atoms with E-state index in [1.54, 1.807) is 13.1 Å². The van der Waals surface area contributed by atoms with Crippen molar-refractivity contribution < 1.29 is 19.3 Å². The summed E-state index contributed by atoms with van der Waals surface area (Å²) in [6.07, 6.45) is 4.46. The van der Waals surface area contributed by atoms with Crippen molar-refractivity contribution in [1.29, 1.82) is 0 Å². The predicted molar refractivity (Wildman–Crippen MR) is 108 cm³/mol. The molecule has 0 radical (unpaired) electrons. The third-order valence-electron chi connectivity index (χ3n) is 2.89. The molecular formula is C17H23N5O4S. The molecule has 10 heteroatoms. The second-order valence-electron chi connectivity index (χ2n) is 5.90. The number of hydrogen-bond acceptors (Lipinski definition) is 10. The first-order chi connectivity index (χ1) is 12.8. The highest BCUT2D eigenvalue weighted by molar-refractivity contribution is 8.13. The van der Waals surface area contributed by atoms with Crippen LogP contribution in [0.15, 0.2) is 37.3 Å². The Bertz CT molecular complexity index is 662. The quantitative estimate of drug-likeness (QED) is 0.462. The highest BCUT2D eigenvalue weighted by atomic mass is 32.2. The summed E-state index contributed by atoms with van der Waals surface area (Å²) in [5.74, 6) is 0.495. The lowest BCUT2D eigenvalue weighted by Crippen LogP contribution is -1.92. The van der Waals surface area contributed by atoms with E-state index in [-0.39, 0.29) is 11.1 Å². The Kier molecular flexibility index (Phi) is 9.88. The lowest BCUT2D eigenvalue weighted by Gasteiger charge is -1.82. The Morgan fingerprint density at radius 1 is 0.926 bits per heavy atom. The Morgan fingerprint density at radius 3 is 1.74 bits per heavy atom. The topological polar surface area (TPSA) is 114 Å². The van der Waals surface area contributed by atoms with Gasteiger partial charge in [0.05, 0.1) is 24.3 Å². The largest absolute Gasteiger partial charge is 0.362 e. The molecule has 0 fully saturated rings. The standard InChI is InChI=1S/C5H7NO.C4H6N2.C4H5NO2.C4H5NOS/c1-4-3-5(2)7-6-4;1-4-2-3-5-6-4;2*1-3-2-4(6)7-5-3/h2-3H2,1H3;3H,2H2,1H3;2*2H2,1H3. The normalized spacial score (nSPS) is 19.2. The first-order valence-electron chi connectivity index (χ1n) is 8.16. The molecule has 4 aliphatic rings. The highest BCUT2D eigenvalue weighted by Crippen LogP contribution is 2.15. The van der Waals surface area contributed by atoms with Crippen LogP contribution in [0.1, 0.15) is 53.4 Å². The number of hydrogen-bond donors (Lipinski definition) is 0. The summed E-state index contributed by atoms with van der Waals surface area (Å²) >= 11 is 1.05. The Morgan fingerprint density at radius 2 is 1.59 bits per heavy atom. The third-order valence-corrected chi connectivity index (χ3v) is 3.64. The van der Waals surface area contributed by atoms with E-state index < -0.39 is 0 Å². The molecule has 0 bridgehead atoms. The molecule has 4 rings (SSSR count). The molecule has 0 aliphatic carbocycles. The zero-order chi connectivity index (χ0) is 20.2. The van der Waals surface area contributed by atoms with Crippen molar-refractivity contribution in [3.05, 3.63) is 12.3 Å². The minimum absolute atomic E-state index is 0.164. The van der Waals surface area contributed by atoms with Gasteiger partial charge in [0.25, 0.3) is 0 Å². The van der Waals surface area contributed by atoms with Gasteiger partial charge in [-0.05, 0) is 27.7 Å². The Balaban J connectivity index is 0.000000180. The minimum atomic E-state index is -0.252. The molecule has 0 N–H and O–H groups in total. The van der Waals surface area contributed by atoms with Crippen molar-refractivity contribution >= 4 is 52.1 Å². The fraction of sp³-hybridized carbons (Fsp3) is 0.471. The number of nitrogens with zero attached hydrogens (tertiary/aromatic N) is 5. The number of rotatable bonds is 0. The second-order valence-corrected chi connectivity index (χ2v) is 6.72. The summed E-state index contributed by atoms with van der Waals surface area (Å²) in [7, 11) is 0. The number of carbonyl (C=O) groups excluding carboxylic acids is 2. The maximum atomic E-state index is 10.3. The van der Waals surface area contributed by atoms with Crippen molar-refractivity contribution in [1.82, 2.24) is 0 Å². The van der Waals surface area contributed by atoms with E-state index in [0.717, 1.165) is 53.4 Å². The van der Waals surface area contributed by atoms with Crippen LogP contribution in [0.3, 0.4) is 0 Å². The average molecular weight is 393 g/mol. The molecule has 0 saturated carbocycles. The maximum absolute atomic E-state index is 10.3. The van der Waals surface area contributed by atoms with Gasteiger partial charge in [-0.1, -0.05) is 16.9 Å². The summed E-state index contributed by atoms with van der Waals surface area (Å²) in [5.41, 5.74) is 3.81. The van der Waals surface area contributed by atoms with Gasteiger partial charge in [0.1, 0.15) is 5.76 Å². The van der Waals surface area contributed by atoms with Crippen molar-refractivity contribution in [3.8, 4) is 0 Å². The van der Waals surface area contributed by atoms with E-state index >= 15 is 0 Å². The van der Waals surface area contributed by atoms with Gasteiger partial charge >= 0.3 is 5.97 Å².